The van der Waals surface area contributed by atoms with Crippen molar-refractivity contribution < 1.29 is 19.4 Å². The number of carbonyl (C=O) groups is 2. The number of aliphatic carboxylic acids is 1. The molecule has 0 aliphatic carbocycles. The summed E-state index contributed by atoms with van der Waals surface area (Å²) in [5.74, 6) is -0.893. The van der Waals surface area contributed by atoms with Crippen LogP contribution in [0.15, 0.2) is 0 Å². The maximum absolute atomic E-state index is 12.7. The quantitative estimate of drug-likeness (QED) is 0.691. The van der Waals surface area contributed by atoms with Gasteiger partial charge in [-0.1, -0.05) is 13.8 Å². The zero-order chi connectivity index (χ0) is 14.5. The first kappa shape index (κ1) is 15.9. The topological polar surface area (TPSA) is 78.9 Å². The highest BCUT2D eigenvalue weighted by Crippen LogP contribution is 2.36. The fourth-order valence-electron chi connectivity index (χ4n) is 2.57. The zero-order valence-corrected chi connectivity index (χ0v) is 11.9. The van der Waals surface area contributed by atoms with Crippen LogP contribution in [0.1, 0.15) is 20.3 Å². The molecule has 1 saturated heterocycles. The van der Waals surface area contributed by atoms with Gasteiger partial charge in [0.15, 0.2) is 0 Å². The molecule has 1 heterocycles. The number of amides is 1. The van der Waals surface area contributed by atoms with Crippen molar-refractivity contribution in [3.63, 3.8) is 0 Å². The molecule has 1 unspecified atom stereocenters. The van der Waals surface area contributed by atoms with Gasteiger partial charge in [-0.2, -0.15) is 0 Å². The standard InChI is InChI=1S/C13H24N2O4/c1-10(2)13(4-5-14-9-13)12(18)15(6-7-19-3)8-11(16)17/h10,14H,4-9H2,1-3H3,(H,16,17). The van der Waals surface area contributed by atoms with Gasteiger partial charge in [-0.15, -0.1) is 0 Å². The molecule has 1 fully saturated rings. The van der Waals surface area contributed by atoms with Gasteiger partial charge >= 0.3 is 5.97 Å². The van der Waals surface area contributed by atoms with Crippen LogP contribution >= 0.6 is 0 Å². The third kappa shape index (κ3) is 3.67. The maximum atomic E-state index is 12.7. The summed E-state index contributed by atoms with van der Waals surface area (Å²) in [5, 5.41) is 12.2. The average molecular weight is 272 g/mol. The largest absolute Gasteiger partial charge is 0.480 e. The molecule has 0 bridgehead atoms. The van der Waals surface area contributed by atoms with E-state index < -0.39 is 11.4 Å². The normalized spacial score (nSPS) is 22.7. The Kier molecular flexibility index (Phi) is 5.75. The Morgan fingerprint density at radius 3 is 2.58 bits per heavy atom. The molecule has 1 aliphatic heterocycles. The Hall–Kier alpha value is -1.14. The Labute approximate surface area is 114 Å². The highest BCUT2D eigenvalue weighted by atomic mass is 16.5. The molecule has 0 spiro atoms. The summed E-state index contributed by atoms with van der Waals surface area (Å²) in [6.07, 6.45) is 0.757. The molecule has 2 N–H and O–H groups in total. The zero-order valence-electron chi connectivity index (χ0n) is 11.9. The van der Waals surface area contributed by atoms with Crippen molar-refractivity contribution in [2.45, 2.75) is 20.3 Å². The van der Waals surface area contributed by atoms with Gasteiger partial charge < -0.3 is 20.1 Å². The molecular formula is C13H24N2O4. The van der Waals surface area contributed by atoms with Crippen molar-refractivity contribution in [1.29, 1.82) is 0 Å². The van der Waals surface area contributed by atoms with Crippen LogP contribution in [0.2, 0.25) is 0 Å². The van der Waals surface area contributed by atoms with Crippen molar-refractivity contribution >= 4 is 11.9 Å². The van der Waals surface area contributed by atoms with Crippen LogP contribution in [0.5, 0.6) is 0 Å². The molecule has 6 nitrogen and oxygen atoms in total. The second-order valence-corrected chi connectivity index (χ2v) is 5.35. The Bertz CT molecular complexity index is 325. The Morgan fingerprint density at radius 1 is 1.47 bits per heavy atom. The fraction of sp³-hybridized carbons (Fsp3) is 0.846. The van der Waals surface area contributed by atoms with Gasteiger partial charge in [0.2, 0.25) is 5.91 Å². The van der Waals surface area contributed by atoms with E-state index in [0.29, 0.717) is 19.7 Å². The van der Waals surface area contributed by atoms with E-state index in [1.165, 1.54) is 4.90 Å². The van der Waals surface area contributed by atoms with Crippen LogP contribution < -0.4 is 5.32 Å². The summed E-state index contributed by atoms with van der Waals surface area (Å²) in [7, 11) is 1.54. The SMILES string of the molecule is COCCN(CC(=O)O)C(=O)C1(C(C)C)CCNC1. The van der Waals surface area contributed by atoms with Gasteiger partial charge in [-0.05, 0) is 18.9 Å². The number of methoxy groups -OCH3 is 1. The van der Waals surface area contributed by atoms with E-state index in [1.807, 2.05) is 13.8 Å². The lowest BCUT2D eigenvalue weighted by Gasteiger charge is -2.36. The van der Waals surface area contributed by atoms with Gasteiger partial charge in [0, 0.05) is 20.2 Å². The van der Waals surface area contributed by atoms with Crippen LogP contribution in [-0.2, 0) is 14.3 Å². The Balaban J connectivity index is 2.86. The third-order valence-electron chi connectivity index (χ3n) is 3.90. The van der Waals surface area contributed by atoms with E-state index in [0.717, 1.165) is 13.0 Å². The molecule has 1 amide bonds. The van der Waals surface area contributed by atoms with Crippen molar-refractivity contribution in [2.24, 2.45) is 11.3 Å². The second kappa shape index (κ2) is 6.86. The van der Waals surface area contributed by atoms with Crippen LogP contribution in [0.4, 0.5) is 0 Å². The molecule has 1 atom stereocenters. The molecule has 0 aromatic heterocycles. The molecular weight excluding hydrogens is 248 g/mol. The number of rotatable bonds is 7. The van der Waals surface area contributed by atoms with Crippen LogP contribution in [0.3, 0.4) is 0 Å². The fourth-order valence-corrected chi connectivity index (χ4v) is 2.57. The van der Waals surface area contributed by atoms with E-state index in [4.69, 9.17) is 9.84 Å². The highest BCUT2D eigenvalue weighted by molar-refractivity contribution is 5.86. The number of nitrogens with zero attached hydrogens (tertiary/aromatic N) is 1. The lowest BCUT2D eigenvalue weighted by Crippen LogP contribution is -2.50. The molecule has 1 rings (SSSR count). The number of hydrogen-bond donors (Lipinski definition) is 2. The first-order valence-corrected chi connectivity index (χ1v) is 6.65. The second-order valence-electron chi connectivity index (χ2n) is 5.35. The van der Waals surface area contributed by atoms with E-state index in [2.05, 4.69) is 5.32 Å². The van der Waals surface area contributed by atoms with Crippen molar-refractivity contribution in [3.05, 3.63) is 0 Å². The van der Waals surface area contributed by atoms with Crippen molar-refractivity contribution in [2.75, 3.05) is 39.9 Å². The Morgan fingerprint density at radius 2 is 2.16 bits per heavy atom. The number of carboxylic acid groups (broad SMARTS) is 1. The molecule has 19 heavy (non-hydrogen) atoms. The molecule has 1 aliphatic rings. The smallest absolute Gasteiger partial charge is 0.323 e. The van der Waals surface area contributed by atoms with Crippen molar-refractivity contribution in [3.8, 4) is 0 Å². The van der Waals surface area contributed by atoms with Crippen LogP contribution in [0, 0.1) is 11.3 Å². The monoisotopic (exact) mass is 272 g/mol. The molecule has 0 saturated carbocycles. The summed E-state index contributed by atoms with van der Waals surface area (Å²) in [5.41, 5.74) is -0.483. The summed E-state index contributed by atoms with van der Waals surface area (Å²) >= 11 is 0. The lowest BCUT2D eigenvalue weighted by molar-refractivity contribution is -0.151. The molecule has 6 heteroatoms. The number of carboxylic acids is 1. The minimum absolute atomic E-state index is 0.0769. The van der Waals surface area contributed by atoms with Gasteiger partial charge in [0.1, 0.15) is 6.54 Å². The minimum atomic E-state index is -0.991. The van der Waals surface area contributed by atoms with E-state index in [1.54, 1.807) is 7.11 Å². The average Bonchev–Trinajstić information content (AvgIpc) is 2.83. The maximum Gasteiger partial charge on any atom is 0.323 e. The highest BCUT2D eigenvalue weighted by Gasteiger charge is 2.46. The van der Waals surface area contributed by atoms with Gasteiger partial charge in [-0.3, -0.25) is 9.59 Å². The van der Waals surface area contributed by atoms with Gasteiger partial charge in [0.05, 0.1) is 12.0 Å². The number of ether oxygens (including phenoxy) is 1. The van der Waals surface area contributed by atoms with Gasteiger partial charge in [-0.25, -0.2) is 0 Å². The summed E-state index contributed by atoms with van der Waals surface area (Å²) in [4.78, 5) is 25.0. The summed E-state index contributed by atoms with van der Waals surface area (Å²) < 4.78 is 4.96. The first-order chi connectivity index (χ1) is 8.94. The number of carbonyl (C=O) groups excluding carboxylic acids is 1. The van der Waals surface area contributed by atoms with E-state index >= 15 is 0 Å². The number of nitrogens with one attached hydrogen (secondary N) is 1. The molecule has 0 radical (unpaired) electrons. The minimum Gasteiger partial charge on any atom is -0.480 e. The molecule has 0 aromatic carbocycles. The van der Waals surface area contributed by atoms with E-state index in [9.17, 15) is 9.59 Å². The lowest BCUT2D eigenvalue weighted by atomic mass is 9.75. The predicted octanol–water partition coefficient (Wildman–Crippen LogP) is 0.182. The summed E-state index contributed by atoms with van der Waals surface area (Å²) in [6.45, 7) is 5.84. The van der Waals surface area contributed by atoms with Crippen LogP contribution in [0.25, 0.3) is 0 Å². The predicted molar refractivity (Wildman–Crippen MR) is 70.8 cm³/mol. The molecule has 110 valence electrons. The molecule has 0 aromatic rings. The third-order valence-corrected chi connectivity index (χ3v) is 3.90. The van der Waals surface area contributed by atoms with Gasteiger partial charge in [0.25, 0.3) is 0 Å². The summed E-state index contributed by atoms with van der Waals surface area (Å²) in [6, 6.07) is 0. The number of hydrogen-bond acceptors (Lipinski definition) is 4. The van der Waals surface area contributed by atoms with Crippen LogP contribution in [-0.4, -0.2) is 61.8 Å². The first-order valence-electron chi connectivity index (χ1n) is 6.65. The van der Waals surface area contributed by atoms with Crippen molar-refractivity contribution in [1.82, 2.24) is 10.2 Å². The van der Waals surface area contributed by atoms with E-state index in [-0.39, 0.29) is 18.4 Å².